The highest BCUT2D eigenvalue weighted by Gasteiger charge is 2.22. The van der Waals surface area contributed by atoms with Crippen LogP contribution in [-0.2, 0) is 6.42 Å². The Kier molecular flexibility index (Phi) is 3.77. The highest BCUT2D eigenvalue weighted by Crippen LogP contribution is 2.25. The Morgan fingerprint density at radius 1 is 1.50 bits per heavy atom. The van der Waals surface area contributed by atoms with Crippen molar-refractivity contribution in [1.29, 1.82) is 0 Å². The molecule has 3 nitrogen and oxygen atoms in total. The first-order valence-electron chi connectivity index (χ1n) is 5.78. The van der Waals surface area contributed by atoms with Gasteiger partial charge in [0, 0.05) is 36.2 Å². The van der Waals surface area contributed by atoms with Crippen LogP contribution in [-0.4, -0.2) is 40.9 Å². The molecular formula is C12H18ClN3. The highest BCUT2D eigenvalue weighted by molar-refractivity contribution is 6.17. The van der Waals surface area contributed by atoms with Crippen LogP contribution in [0, 0.1) is 6.92 Å². The van der Waals surface area contributed by atoms with Gasteiger partial charge in [-0.1, -0.05) is 0 Å². The average Bonchev–Trinajstić information content (AvgIpc) is 2.64. The standard InChI is InChI=1S/C12H18ClN3/c1-9-7-11(10-4-6-16(2)8-10)15-12(14-9)3-5-13/h7,10H,3-6,8H2,1-2H3. The van der Waals surface area contributed by atoms with E-state index in [0.29, 0.717) is 11.8 Å². The number of nitrogens with zero attached hydrogens (tertiary/aromatic N) is 3. The molecule has 0 bridgehead atoms. The van der Waals surface area contributed by atoms with Crippen molar-refractivity contribution in [2.24, 2.45) is 0 Å². The first kappa shape index (κ1) is 11.8. The van der Waals surface area contributed by atoms with Crippen LogP contribution in [0.3, 0.4) is 0 Å². The molecule has 0 spiro atoms. The van der Waals surface area contributed by atoms with Crippen LogP contribution in [0.15, 0.2) is 6.07 Å². The van der Waals surface area contributed by atoms with Gasteiger partial charge in [0.1, 0.15) is 5.82 Å². The quantitative estimate of drug-likeness (QED) is 0.756. The number of aromatic nitrogens is 2. The molecule has 88 valence electrons. The minimum atomic E-state index is 0.570. The summed E-state index contributed by atoms with van der Waals surface area (Å²) < 4.78 is 0. The van der Waals surface area contributed by atoms with E-state index in [1.54, 1.807) is 0 Å². The van der Waals surface area contributed by atoms with Gasteiger partial charge in [0.15, 0.2) is 0 Å². The predicted molar refractivity (Wildman–Crippen MR) is 66.0 cm³/mol. The van der Waals surface area contributed by atoms with E-state index in [0.717, 1.165) is 24.5 Å². The molecule has 1 aliphatic rings. The molecular weight excluding hydrogens is 222 g/mol. The summed E-state index contributed by atoms with van der Waals surface area (Å²) in [7, 11) is 2.16. The van der Waals surface area contributed by atoms with Crippen LogP contribution >= 0.6 is 11.6 Å². The third kappa shape index (κ3) is 2.71. The second-order valence-electron chi connectivity index (χ2n) is 4.54. The molecule has 4 heteroatoms. The van der Waals surface area contributed by atoms with Crippen molar-refractivity contribution >= 4 is 11.6 Å². The monoisotopic (exact) mass is 239 g/mol. The van der Waals surface area contributed by atoms with Gasteiger partial charge >= 0.3 is 0 Å². The Labute approximate surface area is 102 Å². The Hall–Kier alpha value is -0.670. The molecule has 1 aliphatic heterocycles. The lowest BCUT2D eigenvalue weighted by atomic mass is 10.0. The molecule has 16 heavy (non-hydrogen) atoms. The molecule has 1 aromatic heterocycles. The maximum Gasteiger partial charge on any atom is 0.130 e. The van der Waals surface area contributed by atoms with Crippen LogP contribution in [0.5, 0.6) is 0 Å². The number of rotatable bonds is 3. The van der Waals surface area contributed by atoms with Gasteiger partial charge in [-0.15, -0.1) is 11.6 Å². The van der Waals surface area contributed by atoms with Crippen molar-refractivity contribution in [1.82, 2.24) is 14.9 Å². The summed E-state index contributed by atoms with van der Waals surface area (Å²) in [5.74, 6) is 2.05. The fourth-order valence-corrected chi connectivity index (χ4v) is 2.41. The molecule has 0 radical (unpaired) electrons. The zero-order valence-electron chi connectivity index (χ0n) is 9.91. The summed E-state index contributed by atoms with van der Waals surface area (Å²) >= 11 is 5.74. The van der Waals surface area contributed by atoms with E-state index in [9.17, 15) is 0 Å². The van der Waals surface area contributed by atoms with Crippen LogP contribution in [0.4, 0.5) is 0 Å². The van der Waals surface area contributed by atoms with Crippen LogP contribution < -0.4 is 0 Å². The molecule has 0 amide bonds. The van der Waals surface area contributed by atoms with Gasteiger partial charge in [-0.05, 0) is 33.0 Å². The predicted octanol–water partition coefficient (Wildman–Crippen LogP) is 1.99. The summed E-state index contributed by atoms with van der Waals surface area (Å²) in [5.41, 5.74) is 2.25. The molecule has 1 unspecified atom stereocenters. The van der Waals surface area contributed by atoms with Crippen LogP contribution in [0.2, 0.25) is 0 Å². The van der Waals surface area contributed by atoms with Crippen molar-refractivity contribution in [2.75, 3.05) is 26.0 Å². The highest BCUT2D eigenvalue weighted by atomic mass is 35.5. The van der Waals surface area contributed by atoms with Gasteiger partial charge in [0.25, 0.3) is 0 Å². The van der Waals surface area contributed by atoms with Crippen LogP contribution in [0.1, 0.15) is 29.6 Å². The minimum Gasteiger partial charge on any atom is -0.306 e. The molecule has 0 saturated carbocycles. The summed E-state index contributed by atoms with van der Waals surface area (Å²) in [6, 6.07) is 2.11. The number of hydrogen-bond donors (Lipinski definition) is 0. The first-order valence-corrected chi connectivity index (χ1v) is 6.31. The second kappa shape index (κ2) is 5.11. The Balaban J connectivity index is 2.20. The fraction of sp³-hybridized carbons (Fsp3) is 0.667. The normalized spacial score (nSPS) is 21.6. The molecule has 2 heterocycles. The van der Waals surface area contributed by atoms with Crippen molar-refractivity contribution in [3.05, 3.63) is 23.3 Å². The Morgan fingerprint density at radius 3 is 2.94 bits per heavy atom. The summed E-state index contributed by atoms with van der Waals surface area (Å²) in [6.45, 7) is 4.30. The number of likely N-dealkylation sites (N-methyl/N-ethyl adjacent to an activating group) is 1. The lowest BCUT2D eigenvalue weighted by Crippen LogP contribution is -2.14. The van der Waals surface area contributed by atoms with Crippen molar-refractivity contribution in [3.63, 3.8) is 0 Å². The largest absolute Gasteiger partial charge is 0.306 e. The zero-order valence-corrected chi connectivity index (χ0v) is 10.7. The van der Waals surface area contributed by atoms with Gasteiger partial charge in [-0.2, -0.15) is 0 Å². The Morgan fingerprint density at radius 2 is 2.31 bits per heavy atom. The van der Waals surface area contributed by atoms with E-state index in [1.807, 2.05) is 6.92 Å². The molecule has 1 atom stereocenters. The van der Waals surface area contributed by atoms with Gasteiger partial charge in [0.05, 0.1) is 0 Å². The minimum absolute atomic E-state index is 0.570. The Bertz CT molecular complexity index is 367. The topological polar surface area (TPSA) is 29.0 Å². The third-order valence-electron chi connectivity index (χ3n) is 3.05. The van der Waals surface area contributed by atoms with E-state index >= 15 is 0 Å². The van der Waals surface area contributed by atoms with Gasteiger partial charge in [0.2, 0.25) is 0 Å². The van der Waals surface area contributed by atoms with Crippen molar-refractivity contribution in [2.45, 2.75) is 25.7 Å². The maximum atomic E-state index is 5.74. The smallest absolute Gasteiger partial charge is 0.130 e. The second-order valence-corrected chi connectivity index (χ2v) is 4.92. The first-order chi connectivity index (χ1) is 7.69. The molecule has 2 rings (SSSR count). The number of alkyl halides is 1. The van der Waals surface area contributed by atoms with Crippen molar-refractivity contribution < 1.29 is 0 Å². The van der Waals surface area contributed by atoms with E-state index in [2.05, 4.69) is 28.0 Å². The van der Waals surface area contributed by atoms with E-state index in [1.165, 1.54) is 18.7 Å². The van der Waals surface area contributed by atoms with Crippen LogP contribution in [0.25, 0.3) is 0 Å². The molecule has 1 saturated heterocycles. The molecule has 1 fully saturated rings. The summed E-state index contributed by atoms with van der Waals surface area (Å²) in [4.78, 5) is 11.4. The van der Waals surface area contributed by atoms with Crippen molar-refractivity contribution in [3.8, 4) is 0 Å². The summed E-state index contributed by atoms with van der Waals surface area (Å²) in [6.07, 6.45) is 1.96. The number of likely N-dealkylation sites (tertiary alicyclic amines) is 1. The van der Waals surface area contributed by atoms with E-state index in [-0.39, 0.29) is 0 Å². The number of aryl methyl sites for hydroxylation is 2. The third-order valence-corrected chi connectivity index (χ3v) is 3.24. The lowest BCUT2D eigenvalue weighted by Gasteiger charge is -2.11. The fourth-order valence-electron chi connectivity index (χ4n) is 2.24. The molecule has 0 aliphatic carbocycles. The zero-order chi connectivity index (χ0) is 11.5. The average molecular weight is 240 g/mol. The number of halogens is 1. The van der Waals surface area contributed by atoms with Gasteiger partial charge < -0.3 is 4.90 Å². The SMILES string of the molecule is Cc1cc(C2CCN(C)C2)nc(CCCl)n1. The molecule has 0 aromatic carbocycles. The van der Waals surface area contributed by atoms with E-state index < -0.39 is 0 Å². The van der Waals surface area contributed by atoms with E-state index in [4.69, 9.17) is 11.6 Å². The maximum absolute atomic E-state index is 5.74. The van der Waals surface area contributed by atoms with Gasteiger partial charge in [-0.3, -0.25) is 0 Å². The molecule has 0 N–H and O–H groups in total. The summed E-state index contributed by atoms with van der Waals surface area (Å²) in [5, 5.41) is 0. The molecule has 1 aromatic rings. The number of hydrogen-bond acceptors (Lipinski definition) is 3. The lowest BCUT2D eigenvalue weighted by molar-refractivity contribution is 0.410. The van der Waals surface area contributed by atoms with Gasteiger partial charge in [-0.25, -0.2) is 9.97 Å².